The van der Waals surface area contributed by atoms with Crippen molar-refractivity contribution in [2.24, 2.45) is 5.73 Å². The molecular formula is C15H11Br2ClF4N8O. The van der Waals surface area contributed by atoms with Gasteiger partial charge in [-0.1, -0.05) is 0 Å². The maximum absolute atomic E-state index is 13.5. The van der Waals surface area contributed by atoms with Crippen LogP contribution in [0.1, 0.15) is 11.4 Å². The Morgan fingerprint density at radius 3 is 1.87 bits per heavy atom. The van der Waals surface area contributed by atoms with E-state index in [1.165, 1.54) is 12.4 Å². The summed E-state index contributed by atoms with van der Waals surface area (Å²) in [5.41, 5.74) is 3.44. The van der Waals surface area contributed by atoms with Crippen molar-refractivity contribution in [1.29, 1.82) is 5.41 Å². The summed E-state index contributed by atoms with van der Waals surface area (Å²) in [5.74, 6) is -3.06. The Balaban J connectivity index is 0.000000370. The molecule has 3 aromatic heterocycles. The van der Waals surface area contributed by atoms with Gasteiger partial charge in [-0.2, -0.15) is 27.5 Å². The molecule has 3 aromatic rings. The average Bonchev–Trinajstić information content (AvgIpc) is 2.67. The molecule has 0 fully saturated rings. The molecule has 0 saturated heterocycles. The lowest BCUT2D eigenvalue weighted by molar-refractivity contribution is -0.142. The lowest BCUT2D eigenvalue weighted by Crippen LogP contribution is -2.14. The van der Waals surface area contributed by atoms with Crippen molar-refractivity contribution in [1.82, 2.24) is 29.9 Å². The number of halogens is 7. The van der Waals surface area contributed by atoms with Gasteiger partial charge in [-0.05, 0) is 31.9 Å². The van der Waals surface area contributed by atoms with E-state index < -0.39 is 29.4 Å². The molecule has 0 saturated carbocycles. The van der Waals surface area contributed by atoms with Gasteiger partial charge < -0.3 is 10.5 Å². The summed E-state index contributed by atoms with van der Waals surface area (Å²) in [4.78, 5) is 21.7. The first-order valence-electron chi connectivity index (χ1n) is 7.51. The van der Waals surface area contributed by atoms with Gasteiger partial charge in [0, 0.05) is 24.8 Å². The van der Waals surface area contributed by atoms with Gasteiger partial charge in [-0.15, -0.1) is 12.4 Å². The van der Waals surface area contributed by atoms with E-state index in [9.17, 15) is 17.6 Å². The molecule has 0 amide bonds. The fourth-order valence-corrected chi connectivity index (χ4v) is 2.19. The summed E-state index contributed by atoms with van der Waals surface area (Å²) in [6, 6.07) is 0. The van der Waals surface area contributed by atoms with Crippen molar-refractivity contribution in [2.45, 2.75) is 6.18 Å². The number of rotatable bonds is 3. The number of nitrogen functional groups attached to an aromatic ring is 1. The minimum atomic E-state index is -4.96. The fourth-order valence-electron chi connectivity index (χ4n) is 1.78. The lowest BCUT2D eigenvalue weighted by atomic mass is 10.3. The molecular weight excluding hydrogens is 579 g/mol. The molecule has 16 heteroatoms. The zero-order chi connectivity index (χ0) is 22.5. The normalized spacial score (nSPS) is 10.4. The minimum Gasteiger partial charge on any atom is -0.480 e. The summed E-state index contributed by atoms with van der Waals surface area (Å²) in [5, 5.41) is 6.94. The van der Waals surface area contributed by atoms with Crippen LogP contribution in [0.5, 0.6) is 5.88 Å². The number of nitrogens with two attached hydrogens (primary N) is 1. The lowest BCUT2D eigenvalue weighted by Gasteiger charge is -2.11. The third kappa shape index (κ3) is 7.29. The van der Waals surface area contributed by atoms with E-state index in [0.29, 0.717) is 4.47 Å². The smallest absolute Gasteiger partial charge is 0.426 e. The maximum Gasteiger partial charge on any atom is 0.426 e. The number of hydrogen-bond donors (Lipinski definition) is 2. The van der Waals surface area contributed by atoms with Gasteiger partial charge in [0.25, 0.3) is 0 Å². The second kappa shape index (κ2) is 11.2. The fraction of sp³-hybridized carbons (Fsp3) is 0.133. The molecule has 0 aliphatic rings. The van der Waals surface area contributed by atoms with Crippen LogP contribution in [0.2, 0.25) is 0 Å². The van der Waals surface area contributed by atoms with Crippen LogP contribution in [0.15, 0.2) is 33.7 Å². The predicted octanol–water partition coefficient (Wildman–Crippen LogP) is 3.81. The van der Waals surface area contributed by atoms with E-state index in [0.717, 1.165) is 11.6 Å². The summed E-state index contributed by atoms with van der Waals surface area (Å²) in [6.07, 6.45) is 0.781. The molecule has 0 unspecified atom stereocenters. The van der Waals surface area contributed by atoms with Crippen LogP contribution >= 0.6 is 44.3 Å². The van der Waals surface area contributed by atoms with Crippen molar-refractivity contribution >= 4 is 50.1 Å². The number of nitrogens with one attached hydrogen (secondary N) is 1. The van der Waals surface area contributed by atoms with Gasteiger partial charge in [0.1, 0.15) is 0 Å². The Morgan fingerprint density at radius 2 is 1.45 bits per heavy atom. The van der Waals surface area contributed by atoms with Crippen LogP contribution in [-0.4, -0.2) is 42.8 Å². The molecule has 166 valence electrons. The highest BCUT2D eigenvalue weighted by atomic mass is 79.9. The molecule has 3 heterocycles. The first kappa shape index (κ1) is 26.5. The van der Waals surface area contributed by atoms with Gasteiger partial charge in [-0.25, -0.2) is 19.9 Å². The quantitative estimate of drug-likeness (QED) is 0.204. The largest absolute Gasteiger partial charge is 0.480 e. The van der Waals surface area contributed by atoms with E-state index in [4.69, 9.17) is 11.1 Å². The zero-order valence-electron chi connectivity index (χ0n) is 15.2. The molecule has 9 nitrogen and oxygen atoms in total. The number of amidine groups is 1. The van der Waals surface area contributed by atoms with Gasteiger partial charge in [-0.3, -0.25) is 5.41 Å². The molecule has 0 bridgehead atoms. The Morgan fingerprint density at radius 1 is 0.968 bits per heavy atom. The van der Waals surface area contributed by atoms with Crippen LogP contribution in [-0.2, 0) is 6.18 Å². The highest BCUT2D eigenvalue weighted by Crippen LogP contribution is 2.37. The number of nitrogens with zero attached hydrogens (tertiary/aromatic N) is 6. The summed E-state index contributed by atoms with van der Waals surface area (Å²) in [7, 11) is 0.948. The van der Waals surface area contributed by atoms with E-state index in [1.807, 2.05) is 0 Å². The molecule has 0 spiro atoms. The Bertz CT molecular complexity index is 1040. The highest BCUT2D eigenvalue weighted by Gasteiger charge is 2.40. The topological polar surface area (TPSA) is 136 Å². The molecule has 0 aliphatic heterocycles. The number of hydrogen-bond acceptors (Lipinski definition) is 8. The van der Waals surface area contributed by atoms with Gasteiger partial charge >= 0.3 is 6.18 Å². The highest BCUT2D eigenvalue weighted by molar-refractivity contribution is 9.10. The van der Waals surface area contributed by atoms with Crippen molar-refractivity contribution in [2.75, 3.05) is 7.11 Å². The summed E-state index contributed by atoms with van der Waals surface area (Å²) >= 11 is 6.24. The first-order valence-corrected chi connectivity index (χ1v) is 9.10. The van der Waals surface area contributed by atoms with Crippen molar-refractivity contribution in [3.05, 3.63) is 51.1 Å². The summed E-state index contributed by atoms with van der Waals surface area (Å²) in [6.45, 7) is 0. The Hall–Kier alpha value is -2.52. The van der Waals surface area contributed by atoms with E-state index in [1.54, 1.807) is 12.4 Å². The van der Waals surface area contributed by atoms with Gasteiger partial charge in [0.2, 0.25) is 17.7 Å². The van der Waals surface area contributed by atoms with Crippen molar-refractivity contribution in [3.63, 3.8) is 0 Å². The molecule has 0 atom stereocenters. The third-order valence-electron chi connectivity index (χ3n) is 2.99. The zero-order valence-corrected chi connectivity index (χ0v) is 19.1. The van der Waals surface area contributed by atoms with E-state index >= 15 is 0 Å². The summed E-state index contributed by atoms with van der Waals surface area (Å²) < 4.78 is 57.3. The Labute approximate surface area is 195 Å². The second-order valence-corrected chi connectivity index (χ2v) is 6.91. The monoisotopic (exact) mass is 588 g/mol. The van der Waals surface area contributed by atoms with E-state index in [2.05, 4.69) is 66.5 Å². The number of ether oxygens (including phenoxy) is 1. The molecule has 0 aliphatic carbocycles. The molecule has 0 aromatic carbocycles. The first-order chi connectivity index (χ1) is 14.0. The SMILES string of the molecule is COc1nc(-c2ncc(Br)cn2)nc(F)c1C(F)(F)F.Cl.N=C(N)c1ncc(Br)cn1. The molecule has 3 N–H and O–H groups in total. The molecule has 31 heavy (non-hydrogen) atoms. The Kier molecular flexibility index (Phi) is 9.58. The minimum absolute atomic E-state index is 0. The average molecular weight is 591 g/mol. The number of alkyl halides is 3. The third-order valence-corrected chi connectivity index (χ3v) is 3.81. The van der Waals surface area contributed by atoms with E-state index in [-0.39, 0.29) is 29.9 Å². The van der Waals surface area contributed by atoms with Gasteiger partial charge in [0.15, 0.2) is 23.0 Å². The van der Waals surface area contributed by atoms with Crippen LogP contribution in [0.25, 0.3) is 11.6 Å². The second-order valence-electron chi connectivity index (χ2n) is 5.08. The van der Waals surface area contributed by atoms with Gasteiger partial charge in [0.05, 0.1) is 16.1 Å². The van der Waals surface area contributed by atoms with Crippen LogP contribution < -0.4 is 10.5 Å². The maximum atomic E-state index is 13.5. The predicted molar refractivity (Wildman–Crippen MR) is 110 cm³/mol. The van der Waals surface area contributed by atoms with Crippen LogP contribution in [0.4, 0.5) is 17.6 Å². The van der Waals surface area contributed by atoms with Crippen LogP contribution in [0.3, 0.4) is 0 Å². The molecule has 3 rings (SSSR count). The molecule has 0 radical (unpaired) electrons. The van der Waals surface area contributed by atoms with Crippen molar-refractivity contribution in [3.8, 4) is 17.5 Å². The van der Waals surface area contributed by atoms with Crippen molar-refractivity contribution < 1.29 is 22.3 Å². The number of aromatic nitrogens is 6. The number of methoxy groups -OCH3 is 1. The van der Waals surface area contributed by atoms with Crippen LogP contribution in [0, 0.1) is 11.4 Å². The standard InChI is InChI=1S/C10H5BrF4N4O.C5H5BrN4.ClH/c1-20-9-5(10(13,14)15)6(12)18-8(19-9)7-16-2-4(11)3-17-7;6-3-1-9-5(4(7)8)10-2-3;/h2-3H,1H3;1-2H,(H3,7,8);1H.